The molecule has 0 aromatic carbocycles. The molecule has 58 valence electrons. The minimum Gasteiger partial charge on any atom is -0.461 e. The number of nitriles is 1. The fourth-order valence-corrected chi connectivity index (χ4v) is 4.91. The van der Waals surface area contributed by atoms with Crippen LogP contribution < -0.4 is 0 Å². The Bertz CT molecular complexity index is 104. The number of rotatable bonds is 6. The lowest BCUT2D eigenvalue weighted by Crippen LogP contribution is -2.13. The van der Waals surface area contributed by atoms with Gasteiger partial charge in [0.1, 0.15) is 10.5 Å². The first kappa shape index (κ1) is 10.0. The van der Waals surface area contributed by atoms with Gasteiger partial charge in [-0.15, -0.1) is 0 Å². The molecular formula is CH9NO4Si4. The van der Waals surface area contributed by atoms with Gasteiger partial charge in [-0.3, -0.25) is 0 Å². The summed E-state index contributed by atoms with van der Waals surface area (Å²) in [4.78, 5) is 0. The Labute approximate surface area is 69.3 Å². The Kier molecular flexibility index (Phi) is 9.07. The van der Waals surface area contributed by atoms with Gasteiger partial charge in [-0.25, -0.2) is 0 Å². The Morgan fingerprint density at radius 2 is 1.90 bits per heavy atom. The van der Waals surface area contributed by atoms with Crippen molar-refractivity contribution in [2.45, 2.75) is 0 Å². The van der Waals surface area contributed by atoms with Crippen LogP contribution in [0, 0.1) is 11.5 Å². The summed E-state index contributed by atoms with van der Waals surface area (Å²) in [7, 11) is -1.93. The van der Waals surface area contributed by atoms with Gasteiger partial charge < -0.3 is 16.8 Å². The highest BCUT2D eigenvalue weighted by molar-refractivity contribution is 6.42. The molecule has 0 fully saturated rings. The molecule has 0 heterocycles. The van der Waals surface area contributed by atoms with Gasteiger partial charge >= 0.3 is 10.0 Å². The summed E-state index contributed by atoms with van der Waals surface area (Å²) in [5, 5.41) is 7.92. The topological polar surface area (TPSA) is 60.7 Å². The van der Waals surface area contributed by atoms with Crippen molar-refractivity contribution >= 4 is 40.5 Å². The van der Waals surface area contributed by atoms with Crippen LogP contribution in [0.25, 0.3) is 0 Å². The molecule has 0 unspecified atom stereocenters. The van der Waals surface area contributed by atoms with E-state index >= 15 is 0 Å². The van der Waals surface area contributed by atoms with Crippen LogP contribution in [-0.2, 0) is 16.8 Å². The maximum atomic E-state index is 7.92. The predicted molar refractivity (Wildman–Crippen MR) is 45.5 cm³/mol. The van der Waals surface area contributed by atoms with Gasteiger partial charge in [0, 0.05) is 0 Å². The van der Waals surface area contributed by atoms with E-state index in [1.165, 1.54) is 0 Å². The third kappa shape index (κ3) is 8.04. The lowest BCUT2D eigenvalue weighted by molar-refractivity contribution is 0.387. The van der Waals surface area contributed by atoms with Crippen molar-refractivity contribution in [3.05, 3.63) is 0 Å². The van der Waals surface area contributed by atoms with Crippen LogP contribution >= 0.6 is 0 Å². The summed E-state index contributed by atoms with van der Waals surface area (Å²) in [5.74, 6) is 0. The molecule has 0 aliphatic rings. The van der Waals surface area contributed by atoms with E-state index in [2.05, 4.69) is 4.43 Å². The van der Waals surface area contributed by atoms with Gasteiger partial charge in [-0.1, -0.05) is 0 Å². The van der Waals surface area contributed by atoms with Crippen molar-refractivity contribution in [2.75, 3.05) is 0 Å². The largest absolute Gasteiger partial charge is 0.461 e. The van der Waals surface area contributed by atoms with Gasteiger partial charge in [0.2, 0.25) is 0 Å². The van der Waals surface area contributed by atoms with Gasteiger partial charge in [-0.05, 0) is 0 Å². The first-order chi connectivity index (χ1) is 4.91. The third-order valence-electron chi connectivity index (χ3n) is 0.575. The van der Waals surface area contributed by atoms with E-state index in [0.717, 1.165) is 10.5 Å². The highest BCUT2D eigenvalue weighted by Gasteiger charge is 1.89. The van der Waals surface area contributed by atoms with Crippen molar-refractivity contribution in [3.63, 3.8) is 0 Å². The second kappa shape index (κ2) is 9.04. The average molecular weight is 211 g/mol. The molecule has 0 amide bonds. The fraction of sp³-hybridized carbons (Fsp3) is 0. The van der Waals surface area contributed by atoms with Crippen molar-refractivity contribution in [2.24, 2.45) is 0 Å². The molecule has 0 bridgehead atoms. The molecule has 0 rings (SSSR count). The normalized spacial score (nSPS) is 12.7. The molecule has 0 aliphatic carbocycles. The van der Waals surface area contributed by atoms with E-state index < -0.39 is 30.0 Å². The van der Waals surface area contributed by atoms with Gasteiger partial charge in [-0.2, -0.15) is 5.26 Å². The van der Waals surface area contributed by atoms with Gasteiger partial charge in [0.15, 0.2) is 0 Å². The molecule has 0 radical (unpaired) electrons. The number of nitrogens with zero attached hydrogens (tertiary/aromatic N) is 1. The Morgan fingerprint density at radius 1 is 1.20 bits per heavy atom. The average Bonchev–Trinajstić information content (AvgIpc) is 1.97. The molecule has 9 heteroatoms. The molecule has 0 N–H and O–H groups in total. The van der Waals surface area contributed by atoms with Crippen LogP contribution in [0.15, 0.2) is 0 Å². The summed E-state index contributed by atoms with van der Waals surface area (Å²) >= 11 is 0. The van der Waals surface area contributed by atoms with Crippen molar-refractivity contribution < 1.29 is 16.8 Å². The molecule has 0 saturated heterocycles. The van der Waals surface area contributed by atoms with E-state index in [-0.39, 0.29) is 0 Å². The zero-order valence-electron chi connectivity index (χ0n) is 5.70. The van der Waals surface area contributed by atoms with Crippen LogP contribution in [0.2, 0.25) is 0 Å². The number of hydrogen-bond donors (Lipinski definition) is 0. The molecule has 0 spiro atoms. The molecule has 0 aliphatic heterocycles. The van der Waals surface area contributed by atoms with Crippen molar-refractivity contribution in [1.82, 2.24) is 0 Å². The smallest absolute Gasteiger partial charge is 0.371 e. The zero-order chi connectivity index (χ0) is 7.66. The highest BCUT2D eigenvalue weighted by atomic mass is 28.4. The van der Waals surface area contributed by atoms with E-state index in [9.17, 15) is 0 Å². The first-order valence-corrected chi connectivity index (χ1v) is 6.85. The van der Waals surface area contributed by atoms with E-state index in [0.29, 0.717) is 0 Å². The molecule has 0 saturated carbocycles. The number of hydrogen-bond acceptors (Lipinski definition) is 5. The lowest BCUT2D eigenvalue weighted by atomic mass is 11.6. The lowest BCUT2D eigenvalue weighted by Gasteiger charge is -2.00. The molecular weight excluding hydrogens is 202 g/mol. The maximum absolute atomic E-state index is 7.92. The minimum atomic E-state index is -1.06. The molecule has 10 heavy (non-hydrogen) atoms. The predicted octanol–water partition coefficient (Wildman–Crippen LogP) is -4.19. The quantitative estimate of drug-likeness (QED) is 0.253. The second-order valence-electron chi connectivity index (χ2n) is 1.29. The third-order valence-corrected chi connectivity index (χ3v) is 4.43. The first-order valence-electron chi connectivity index (χ1n) is 2.57. The maximum Gasteiger partial charge on any atom is 0.371 e. The molecule has 5 nitrogen and oxygen atoms in total. The molecule has 0 aromatic rings. The Morgan fingerprint density at radius 3 is 2.50 bits per heavy atom. The Hall–Kier alpha value is 0.0375. The second-order valence-corrected chi connectivity index (χ2v) is 7.86. The van der Waals surface area contributed by atoms with Crippen LogP contribution in [0.4, 0.5) is 0 Å². The zero-order valence-corrected chi connectivity index (χ0v) is 11.9. The van der Waals surface area contributed by atoms with Crippen LogP contribution in [0.5, 0.6) is 0 Å². The van der Waals surface area contributed by atoms with Gasteiger partial charge in [0.05, 0.1) is 0 Å². The standard InChI is InChI=1S/CH9NO4Si4/c2-1-3-8-5-10-6-9-4-7/h8-10H2,7H3. The fourth-order valence-electron chi connectivity index (χ4n) is 0.278. The van der Waals surface area contributed by atoms with E-state index in [1.54, 1.807) is 6.26 Å². The van der Waals surface area contributed by atoms with Crippen LogP contribution in [0.1, 0.15) is 0 Å². The van der Waals surface area contributed by atoms with Crippen LogP contribution in [0.3, 0.4) is 0 Å². The SMILES string of the molecule is N#CO[SiH2]O[SiH2]O[SiH2]O[SiH3]. The minimum absolute atomic E-state index is 0.730. The van der Waals surface area contributed by atoms with Crippen LogP contribution in [-0.4, -0.2) is 40.5 Å². The summed E-state index contributed by atoms with van der Waals surface area (Å²) in [6.45, 7) is 0. The molecule has 0 atom stereocenters. The van der Waals surface area contributed by atoms with E-state index in [4.69, 9.17) is 17.6 Å². The monoisotopic (exact) mass is 211 g/mol. The summed E-state index contributed by atoms with van der Waals surface area (Å²) in [6.07, 6.45) is 1.55. The van der Waals surface area contributed by atoms with Crippen molar-refractivity contribution in [1.29, 1.82) is 5.26 Å². The summed E-state index contributed by atoms with van der Waals surface area (Å²) in [5.41, 5.74) is 0. The van der Waals surface area contributed by atoms with Gasteiger partial charge in [0.25, 0.3) is 26.3 Å². The highest BCUT2D eigenvalue weighted by Crippen LogP contribution is 1.71. The van der Waals surface area contributed by atoms with Crippen molar-refractivity contribution in [3.8, 4) is 6.26 Å². The summed E-state index contributed by atoms with van der Waals surface area (Å²) in [6, 6.07) is 0. The molecule has 0 aromatic heterocycles. The van der Waals surface area contributed by atoms with E-state index in [1.807, 2.05) is 0 Å². The Balaban J connectivity index is 2.72. The summed E-state index contributed by atoms with van der Waals surface area (Å²) < 4.78 is 19.2.